The number of aromatic nitrogens is 5. The van der Waals surface area contributed by atoms with E-state index in [1.165, 1.54) is 0 Å². The molecular weight excluding hydrogens is 232 g/mol. The summed E-state index contributed by atoms with van der Waals surface area (Å²) in [5, 5.41) is 11.6. The average Bonchev–Trinajstić information content (AvgIpc) is 2.96. The first-order valence-electron chi connectivity index (χ1n) is 5.30. The molecule has 0 radical (unpaired) electrons. The third-order valence-corrected chi connectivity index (χ3v) is 2.52. The monoisotopic (exact) mass is 242 g/mol. The molecule has 0 unspecified atom stereocenters. The molecule has 0 amide bonds. The van der Waals surface area contributed by atoms with Crippen molar-refractivity contribution in [3.63, 3.8) is 0 Å². The highest BCUT2D eigenvalue weighted by molar-refractivity contribution is 5.65. The molecule has 1 aromatic carbocycles. The summed E-state index contributed by atoms with van der Waals surface area (Å²) < 4.78 is 6.16. The van der Waals surface area contributed by atoms with E-state index in [0.717, 1.165) is 5.56 Å². The van der Waals surface area contributed by atoms with Crippen LogP contribution in [-0.4, -0.2) is 25.1 Å². The van der Waals surface area contributed by atoms with E-state index < -0.39 is 0 Å². The number of hydrogen-bond donors (Lipinski definition) is 1. The van der Waals surface area contributed by atoms with Gasteiger partial charge in [-0.25, -0.2) is 14.3 Å². The highest BCUT2D eigenvalue weighted by atomic mass is 16.6. The van der Waals surface area contributed by atoms with Gasteiger partial charge in [0.1, 0.15) is 0 Å². The molecular formula is C11H10N6O. The zero-order valence-corrected chi connectivity index (χ0v) is 9.61. The number of nitrogen functional groups attached to an aromatic ring is 1. The predicted molar refractivity (Wildman–Crippen MR) is 64.1 cm³/mol. The number of anilines is 1. The van der Waals surface area contributed by atoms with Crippen molar-refractivity contribution in [3.05, 3.63) is 30.3 Å². The van der Waals surface area contributed by atoms with Crippen molar-refractivity contribution in [2.75, 3.05) is 5.73 Å². The molecule has 90 valence electrons. The Balaban J connectivity index is 2.10. The summed E-state index contributed by atoms with van der Waals surface area (Å²) in [6.07, 6.45) is 0. The van der Waals surface area contributed by atoms with Gasteiger partial charge in [-0.05, 0) is 10.3 Å². The summed E-state index contributed by atoms with van der Waals surface area (Å²) in [6.45, 7) is 0. The number of nitrogens with two attached hydrogens (primary N) is 1. The van der Waals surface area contributed by atoms with Gasteiger partial charge >= 0.3 is 0 Å². The Kier molecular flexibility index (Phi) is 2.30. The molecule has 3 rings (SSSR count). The van der Waals surface area contributed by atoms with Crippen molar-refractivity contribution in [3.8, 4) is 22.9 Å². The van der Waals surface area contributed by atoms with Crippen LogP contribution in [0.3, 0.4) is 0 Å². The Hall–Kier alpha value is -2.70. The van der Waals surface area contributed by atoms with Gasteiger partial charge in [-0.15, -0.1) is 0 Å². The van der Waals surface area contributed by atoms with Crippen LogP contribution in [0.25, 0.3) is 22.9 Å². The number of nitrogens with zero attached hydrogens (tertiary/aromatic N) is 5. The summed E-state index contributed by atoms with van der Waals surface area (Å²) in [5.74, 6) is 1.33. The maximum Gasteiger partial charge on any atom is 0.199 e. The Labute approximate surface area is 102 Å². The number of benzene rings is 1. The quantitative estimate of drug-likeness (QED) is 0.723. The third-order valence-electron chi connectivity index (χ3n) is 2.52. The van der Waals surface area contributed by atoms with E-state index in [2.05, 4.69) is 25.0 Å². The molecule has 0 saturated heterocycles. The van der Waals surface area contributed by atoms with Crippen molar-refractivity contribution in [2.45, 2.75) is 0 Å². The highest BCUT2D eigenvalue weighted by Gasteiger charge is 2.17. The van der Waals surface area contributed by atoms with Crippen molar-refractivity contribution in [2.24, 2.45) is 7.05 Å². The zero-order valence-electron chi connectivity index (χ0n) is 9.61. The molecule has 0 aliphatic carbocycles. The molecule has 0 spiro atoms. The van der Waals surface area contributed by atoms with Gasteiger partial charge in [0.15, 0.2) is 23.2 Å². The molecule has 0 atom stereocenters. The van der Waals surface area contributed by atoms with Crippen LogP contribution in [0.2, 0.25) is 0 Å². The van der Waals surface area contributed by atoms with E-state index >= 15 is 0 Å². The smallest absolute Gasteiger partial charge is 0.199 e. The van der Waals surface area contributed by atoms with E-state index in [4.69, 9.17) is 5.73 Å². The summed E-state index contributed by atoms with van der Waals surface area (Å²) >= 11 is 0. The van der Waals surface area contributed by atoms with Gasteiger partial charge in [0, 0.05) is 12.6 Å². The fraction of sp³-hybridized carbons (Fsp3) is 0.0909. The average molecular weight is 242 g/mol. The molecule has 7 nitrogen and oxygen atoms in total. The van der Waals surface area contributed by atoms with Crippen molar-refractivity contribution < 1.29 is 4.63 Å². The summed E-state index contributed by atoms with van der Waals surface area (Å²) in [6, 6.07) is 9.66. The van der Waals surface area contributed by atoms with Gasteiger partial charge in [-0.1, -0.05) is 30.3 Å². The molecule has 7 heteroatoms. The lowest BCUT2D eigenvalue weighted by molar-refractivity contribution is 0.310. The van der Waals surface area contributed by atoms with E-state index in [0.29, 0.717) is 17.3 Å². The largest absolute Gasteiger partial charge is 0.379 e. The third kappa shape index (κ3) is 1.61. The molecule has 2 aromatic heterocycles. The maximum atomic E-state index is 5.64. The lowest BCUT2D eigenvalue weighted by atomic mass is 10.2. The topological polar surface area (TPSA) is 95.6 Å². The predicted octanol–water partition coefficient (Wildman–Crippen LogP) is 1.11. The van der Waals surface area contributed by atoms with Gasteiger partial charge in [-0.2, -0.15) is 5.10 Å². The molecule has 2 heterocycles. The molecule has 2 N–H and O–H groups in total. The second kappa shape index (κ2) is 3.95. The van der Waals surface area contributed by atoms with E-state index in [1.54, 1.807) is 11.7 Å². The standard InChI is InChI=1S/C11H10N6O/c1-17-11(8-9(12)16-18-15-8)13-10(14-17)7-5-3-2-4-6-7/h2-6H,1H3,(H2,12,16). The Morgan fingerprint density at radius 2 is 1.94 bits per heavy atom. The minimum absolute atomic E-state index is 0.199. The van der Waals surface area contributed by atoms with E-state index in [-0.39, 0.29) is 5.82 Å². The van der Waals surface area contributed by atoms with Crippen molar-refractivity contribution in [1.82, 2.24) is 25.1 Å². The lowest BCUT2D eigenvalue weighted by Crippen LogP contribution is -1.97. The molecule has 0 fully saturated rings. The van der Waals surface area contributed by atoms with Gasteiger partial charge in [0.2, 0.25) is 0 Å². The van der Waals surface area contributed by atoms with Crippen LogP contribution < -0.4 is 5.73 Å². The Morgan fingerprint density at radius 1 is 1.17 bits per heavy atom. The van der Waals surface area contributed by atoms with Crippen LogP contribution in [0.15, 0.2) is 35.0 Å². The number of aryl methyl sites for hydroxylation is 1. The van der Waals surface area contributed by atoms with Crippen LogP contribution in [-0.2, 0) is 7.05 Å². The highest BCUT2D eigenvalue weighted by Crippen LogP contribution is 2.23. The van der Waals surface area contributed by atoms with Gasteiger partial charge in [0.25, 0.3) is 0 Å². The number of hydrogen-bond acceptors (Lipinski definition) is 6. The van der Waals surface area contributed by atoms with Crippen molar-refractivity contribution >= 4 is 5.82 Å². The molecule has 18 heavy (non-hydrogen) atoms. The van der Waals surface area contributed by atoms with E-state index in [1.807, 2.05) is 30.3 Å². The van der Waals surface area contributed by atoms with E-state index in [9.17, 15) is 0 Å². The lowest BCUT2D eigenvalue weighted by Gasteiger charge is -1.92. The second-order valence-corrected chi connectivity index (χ2v) is 3.75. The Morgan fingerprint density at radius 3 is 2.61 bits per heavy atom. The molecule has 0 bridgehead atoms. The fourth-order valence-electron chi connectivity index (χ4n) is 1.65. The first-order valence-corrected chi connectivity index (χ1v) is 5.30. The second-order valence-electron chi connectivity index (χ2n) is 3.75. The van der Waals surface area contributed by atoms with Crippen LogP contribution >= 0.6 is 0 Å². The molecule has 3 aromatic rings. The SMILES string of the molecule is Cn1nc(-c2ccccc2)nc1-c1nonc1N. The summed E-state index contributed by atoms with van der Waals surface area (Å²) in [7, 11) is 1.77. The van der Waals surface area contributed by atoms with Crippen molar-refractivity contribution in [1.29, 1.82) is 0 Å². The fourth-order valence-corrected chi connectivity index (χ4v) is 1.65. The molecule has 0 aliphatic heterocycles. The van der Waals surface area contributed by atoms with Crippen LogP contribution in [0, 0.1) is 0 Å². The van der Waals surface area contributed by atoms with Gasteiger partial charge in [0.05, 0.1) is 0 Å². The van der Waals surface area contributed by atoms with Gasteiger partial charge in [-0.3, -0.25) is 0 Å². The number of rotatable bonds is 2. The normalized spacial score (nSPS) is 10.7. The first-order chi connectivity index (χ1) is 8.75. The minimum Gasteiger partial charge on any atom is -0.379 e. The first kappa shape index (κ1) is 10.5. The van der Waals surface area contributed by atoms with Crippen LogP contribution in [0.1, 0.15) is 0 Å². The maximum absolute atomic E-state index is 5.64. The zero-order chi connectivity index (χ0) is 12.5. The Bertz CT molecular complexity index is 672. The van der Waals surface area contributed by atoms with Gasteiger partial charge < -0.3 is 5.73 Å². The minimum atomic E-state index is 0.199. The summed E-state index contributed by atoms with van der Waals surface area (Å²) in [5.41, 5.74) is 6.96. The van der Waals surface area contributed by atoms with Crippen LogP contribution in [0.5, 0.6) is 0 Å². The summed E-state index contributed by atoms with van der Waals surface area (Å²) in [4.78, 5) is 4.39. The molecule has 0 saturated carbocycles. The van der Waals surface area contributed by atoms with Crippen LogP contribution in [0.4, 0.5) is 5.82 Å². The molecule has 0 aliphatic rings.